The van der Waals surface area contributed by atoms with E-state index in [1.54, 1.807) is 6.20 Å². The van der Waals surface area contributed by atoms with Crippen LogP contribution in [0.2, 0.25) is 0 Å². The lowest BCUT2D eigenvalue weighted by molar-refractivity contribution is 1.09. The van der Waals surface area contributed by atoms with Crippen LogP contribution in [0.5, 0.6) is 0 Å². The van der Waals surface area contributed by atoms with E-state index in [9.17, 15) is 0 Å². The van der Waals surface area contributed by atoms with Gasteiger partial charge < -0.3 is 4.98 Å². The minimum absolute atomic E-state index is 0.660. The van der Waals surface area contributed by atoms with Crippen molar-refractivity contribution in [2.24, 2.45) is 0 Å². The summed E-state index contributed by atoms with van der Waals surface area (Å²) in [4.78, 5) is 16.4. The zero-order valence-corrected chi connectivity index (χ0v) is 8.62. The molecule has 3 rings (SSSR count). The SMILES string of the molecule is Cc1nnsc1-c1nc2ncncc2[nH]1. The fourth-order valence-electron chi connectivity index (χ4n) is 1.32. The third-order valence-electron chi connectivity index (χ3n) is 2.03. The van der Waals surface area contributed by atoms with Crippen LogP contribution in [0, 0.1) is 6.92 Å². The van der Waals surface area contributed by atoms with Crippen LogP contribution in [-0.2, 0) is 0 Å². The Morgan fingerprint density at radius 3 is 3.07 bits per heavy atom. The maximum Gasteiger partial charge on any atom is 0.181 e. The van der Waals surface area contributed by atoms with E-state index in [4.69, 9.17) is 0 Å². The van der Waals surface area contributed by atoms with Gasteiger partial charge in [-0.3, -0.25) is 0 Å². The van der Waals surface area contributed by atoms with Gasteiger partial charge in [0.25, 0.3) is 0 Å². The lowest BCUT2D eigenvalue weighted by atomic mass is 10.4. The molecular formula is C8H6N6S. The molecule has 0 radical (unpaired) electrons. The number of imidazole rings is 1. The molecule has 3 aromatic heterocycles. The highest BCUT2D eigenvalue weighted by Crippen LogP contribution is 2.23. The van der Waals surface area contributed by atoms with Crippen molar-refractivity contribution in [2.45, 2.75) is 6.92 Å². The Morgan fingerprint density at radius 1 is 1.40 bits per heavy atom. The highest BCUT2D eigenvalue weighted by Gasteiger charge is 2.11. The molecule has 0 aliphatic rings. The van der Waals surface area contributed by atoms with Gasteiger partial charge in [0.15, 0.2) is 11.5 Å². The van der Waals surface area contributed by atoms with Gasteiger partial charge in [0, 0.05) is 0 Å². The normalized spacial score (nSPS) is 11.0. The van der Waals surface area contributed by atoms with Crippen molar-refractivity contribution in [1.29, 1.82) is 0 Å². The molecule has 1 N–H and O–H groups in total. The second-order valence-corrected chi connectivity index (χ2v) is 3.79. The molecule has 15 heavy (non-hydrogen) atoms. The lowest BCUT2D eigenvalue weighted by Crippen LogP contribution is -1.79. The van der Waals surface area contributed by atoms with Crippen molar-refractivity contribution in [1.82, 2.24) is 29.5 Å². The maximum atomic E-state index is 4.34. The second-order valence-electron chi connectivity index (χ2n) is 3.03. The molecule has 6 nitrogen and oxygen atoms in total. The van der Waals surface area contributed by atoms with E-state index in [1.807, 2.05) is 6.92 Å². The van der Waals surface area contributed by atoms with Crippen LogP contribution in [-0.4, -0.2) is 29.5 Å². The predicted octanol–water partition coefficient (Wildman–Crippen LogP) is 1.18. The van der Waals surface area contributed by atoms with E-state index < -0.39 is 0 Å². The van der Waals surface area contributed by atoms with Gasteiger partial charge in [-0.15, -0.1) is 5.10 Å². The number of H-pyrrole nitrogens is 1. The number of hydrogen-bond acceptors (Lipinski definition) is 6. The van der Waals surface area contributed by atoms with Crippen molar-refractivity contribution in [3.8, 4) is 10.7 Å². The first kappa shape index (κ1) is 8.42. The monoisotopic (exact) mass is 218 g/mol. The Bertz CT molecular complexity index is 579. The molecule has 0 saturated carbocycles. The first-order chi connectivity index (χ1) is 7.34. The molecule has 0 spiro atoms. The highest BCUT2D eigenvalue weighted by molar-refractivity contribution is 7.09. The molecule has 0 aliphatic carbocycles. The minimum atomic E-state index is 0.660. The molecule has 0 fully saturated rings. The molecule has 0 unspecified atom stereocenters. The molecule has 0 amide bonds. The van der Waals surface area contributed by atoms with E-state index in [0.29, 0.717) is 5.65 Å². The zero-order valence-electron chi connectivity index (χ0n) is 7.80. The van der Waals surface area contributed by atoms with Gasteiger partial charge in [0.1, 0.15) is 16.7 Å². The number of hydrogen-bond donors (Lipinski definition) is 1. The molecule has 0 atom stereocenters. The van der Waals surface area contributed by atoms with Crippen LogP contribution >= 0.6 is 11.5 Å². The van der Waals surface area contributed by atoms with E-state index in [-0.39, 0.29) is 0 Å². The Kier molecular flexibility index (Phi) is 1.72. The van der Waals surface area contributed by atoms with Gasteiger partial charge in [-0.1, -0.05) is 4.49 Å². The Hall–Kier alpha value is -1.89. The van der Waals surface area contributed by atoms with Gasteiger partial charge in [-0.25, -0.2) is 15.0 Å². The Balaban J connectivity index is 2.24. The Morgan fingerprint density at radius 2 is 2.33 bits per heavy atom. The summed E-state index contributed by atoms with van der Waals surface area (Å²) >= 11 is 1.31. The number of fused-ring (bicyclic) bond motifs is 1. The summed E-state index contributed by atoms with van der Waals surface area (Å²) in [5, 5.41) is 3.94. The predicted molar refractivity (Wildman–Crippen MR) is 55.3 cm³/mol. The molecular weight excluding hydrogens is 212 g/mol. The number of aryl methyl sites for hydroxylation is 1. The number of aromatic nitrogens is 6. The summed E-state index contributed by atoms with van der Waals surface area (Å²) in [6, 6.07) is 0. The van der Waals surface area contributed by atoms with Gasteiger partial charge in [-0.2, -0.15) is 0 Å². The van der Waals surface area contributed by atoms with Crippen LogP contribution in [0.15, 0.2) is 12.5 Å². The highest BCUT2D eigenvalue weighted by atomic mass is 32.1. The van der Waals surface area contributed by atoms with Crippen molar-refractivity contribution in [3.05, 3.63) is 18.2 Å². The average molecular weight is 218 g/mol. The number of nitrogens with zero attached hydrogens (tertiary/aromatic N) is 5. The van der Waals surface area contributed by atoms with E-state index >= 15 is 0 Å². The van der Waals surface area contributed by atoms with Crippen molar-refractivity contribution in [3.63, 3.8) is 0 Å². The summed E-state index contributed by atoms with van der Waals surface area (Å²) in [7, 11) is 0. The van der Waals surface area contributed by atoms with E-state index in [1.165, 1.54) is 17.9 Å². The molecule has 0 saturated heterocycles. The number of rotatable bonds is 1. The first-order valence-corrected chi connectivity index (χ1v) is 5.07. The molecule has 3 aromatic rings. The quantitative estimate of drug-likeness (QED) is 0.663. The summed E-state index contributed by atoms with van der Waals surface area (Å²) in [5.74, 6) is 0.748. The molecule has 7 heteroatoms. The smallest absolute Gasteiger partial charge is 0.181 e. The summed E-state index contributed by atoms with van der Waals surface area (Å²) < 4.78 is 3.86. The zero-order chi connectivity index (χ0) is 10.3. The number of aromatic amines is 1. The summed E-state index contributed by atoms with van der Waals surface area (Å²) in [6.07, 6.45) is 3.17. The third-order valence-corrected chi connectivity index (χ3v) is 2.86. The molecule has 74 valence electrons. The van der Waals surface area contributed by atoms with E-state index in [2.05, 4.69) is 29.5 Å². The van der Waals surface area contributed by atoms with E-state index in [0.717, 1.165) is 21.9 Å². The largest absolute Gasteiger partial charge is 0.335 e. The van der Waals surface area contributed by atoms with Crippen LogP contribution in [0.1, 0.15) is 5.69 Å². The maximum absolute atomic E-state index is 4.34. The lowest BCUT2D eigenvalue weighted by Gasteiger charge is -1.87. The summed E-state index contributed by atoms with van der Waals surface area (Å²) in [6.45, 7) is 1.90. The first-order valence-electron chi connectivity index (χ1n) is 4.29. The minimum Gasteiger partial charge on any atom is -0.335 e. The van der Waals surface area contributed by atoms with Crippen molar-refractivity contribution < 1.29 is 0 Å². The van der Waals surface area contributed by atoms with Gasteiger partial charge >= 0.3 is 0 Å². The number of nitrogens with one attached hydrogen (secondary N) is 1. The van der Waals surface area contributed by atoms with Crippen molar-refractivity contribution >= 4 is 22.7 Å². The van der Waals surface area contributed by atoms with Crippen LogP contribution < -0.4 is 0 Å². The standard InChI is InChI=1S/C8H6N6S/c1-4-6(15-14-13-4)8-11-5-2-9-3-10-7(5)12-8/h2-3H,1H3,(H,9,10,11,12). The average Bonchev–Trinajstić information content (AvgIpc) is 2.82. The van der Waals surface area contributed by atoms with Crippen LogP contribution in [0.4, 0.5) is 0 Å². The molecule has 0 bridgehead atoms. The molecule has 0 aromatic carbocycles. The molecule has 0 aliphatic heterocycles. The van der Waals surface area contributed by atoms with Gasteiger partial charge in [-0.05, 0) is 18.5 Å². The fraction of sp³-hybridized carbons (Fsp3) is 0.125. The van der Waals surface area contributed by atoms with Crippen molar-refractivity contribution in [2.75, 3.05) is 0 Å². The summed E-state index contributed by atoms with van der Waals surface area (Å²) in [5.41, 5.74) is 2.35. The Labute approximate surface area is 88.6 Å². The van der Waals surface area contributed by atoms with Gasteiger partial charge in [0.05, 0.1) is 11.9 Å². The second kappa shape index (κ2) is 3.06. The van der Waals surface area contributed by atoms with Crippen LogP contribution in [0.3, 0.4) is 0 Å². The van der Waals surface area contributed by atoms with Crippen LogP contribution in [0.25, 0.3) is 21.9 Å². The van der Waals surface area contributed by atoms with Gasteiger partial charge in [0.2, 0.25) is 0 Å². The molecule has 3 heterocycles. The third kappa shape index (κ3) is 1.28. The topological polar surface area (TPSA) is 80.2 Å². The fourth-order valence-corrected chi connectivity index (χ4v) is 1.92.